The fourth-order valence-electron chi connectivity index (χ4n) is 5.12. The quantitative estimate of drug-likeness (QED) is 0.298. The molecule has 0 aliphatic heterocycles. The lowest BCUT2D eigenvalue weighted by Crippen LogP contribution is -2.09. The van der Waals surface area contributed by atoms with Gasteiger partial charge in [0.1, 0.15) is 5.58 Å². The van der Waals surface area contributed by atoms with Crippen molar-refractivity contribution in [3.8, 4) is 22.5 Å². The number of nitrogens with zero attached hydrogens (tertiary/aromatic N) is 2. The first kappa shape index (κ1) is 19.2. The summed E-state index contributed by atoms with van der Waals surface area (Å²) >= 11 is 0. The summed E-state index contributed by atoms with van der Waals surface area (Å²) in [6, 6.07) is 25.1. The first-order valence-corrected chi connectivity index (χ1v) is 11.7. The fraction of sp³-hybridized carbons (Fsp3) is 0.241. The Kier molecular flexibility index (Phi) is 4.95. The van der Waals surface area contributed by atoms with E-state index in [1.165, 1.54) is 37.7 Å². The van der Waals surface area contributed by atoms with Crippen LogP contribution in [0.1, 0.15) is 37.7 Å². The summed E-state index contributed by atoms with van der Waals surface area (Å²) < 4.78 is 6.34. The molecule has 0 atom stereocenters. The third-order valence-electron chi connectivity index (χ3n) is 6.78. The predicted octanol–water partition coefficient (Wildman–Crippen LogP) is 7.83. The minimum Gasteiger partial charge on any atom is -0.437 e. The molecule has 1 saturated carbocycles. The van der Waals surface area contributed by atoms with E-state index in [-0.39, 0.29) is 0 Å². The zero-order valence-electron chi connectivity index (χ0n) is 18.1. The van der Waals surface area contributed by atoms with Crippen LogP contribution in [-0.2, 0) is 6.42 Å². The van der Waals surface area contributed by atoms with E-state index in [2.05, 4.69) is 54.6 Å². The topological polar surface area (TPSA) is 38.9 Å². The van der Waals surface area contributed by atoms with Gasteiger partial charge in [-0.1, -0.05) is 74.6 Å². The molecule has 0 amide bonds. The number of hydrogen-bond donors (Lipinski definition) is 0. The van der Waals surface area contributed by atoms with Gasteiger partial charge in [-0.05, 0) is 48.2 Å². The fourth-order valence-corrected chi connectivity index (χ4v) is 5.12. The van der Waals surface area contributed by atoms with Gasteiger partial charge in [-0.3, -0.25) is 4.98 Å². The number of aromatic nitrogens is 2. The molecule has 1 aliphatic carbocycles. The molecule has 1 aliphatic rings. The van der Waals surface area contributed by atoms with Gasteiger partial charge >= 0.3 is 0 Å². The highest BCUT2D eigenvalue weighted by atomic mass is 16.3. The second kappa shape index (κ2) is 8.23. The zero-order chi connectivity index (χ0) is 21.3. The van der Waals surface area contributed by atoms with E-state index >= 15 is 0 Å². The first-order chi connectivity index (χ1) is 15.8. The Morgan fingerprint density at radius 1 is 0.781 bits per heavy atom. The Morgan fingerprint density at radius 2 is 1.66 bits per heavy atom. The van der Waals surface area contributed by atoms with E-state index in [4.69, 9.17) is 14.4 Å². The molecule has 0 unspecified atom stereocenters. The molecular weight excluding hydrogens is 392 g/mol. The van der Waals surface area contributed by atoms with Crippen molar-refractivity contribution >= 4 is 22.1 Å². The summed E-state index contributed by atoms with van der Waals surface area (Å²) in [7, 11) is 0. The van der Waals surface area contributed by atoms with Crippen LogP contribution < -0.4 is 0 Å². The van der Waals surface area contributed by atoms with Crippen LogP contribution in [0.15, 0.2) is 83.4 Å². The standard InChI is InChI=1S/C29H26N2O/c1-3-8-20(9-4-1)18-21-16-17-30-27(19-21)25-13-7-12-23-24-14-15-26(22-10-5-2-6-11-22)31-29(24)32-28(23)25/h2,5-7,10-17,19-20H,1,3-4,8-9,18H2. The zero-order valence-corrected chi connectivity index (χ0v) is 18.1. The Balaban J connectivity index is 1.41. The number of para-hydroxylation sites is 1. The first-order valence-electron chi connectivity index (χ1n) is 11.7. The molecule has 0 bridgehead atoms. The monoisotopic (exact) mass is 418 g/mol. The summed E-state index contributed by atoms with van der Waals surface area (Å²) in [5, 5.41) is 2.13. The van der Waals surface area contributed by atoms with Crippen LogP contribution in [0, 0.1) is 5.92 Å². The van der Waals surface area contributed by atoms with Crippen LogP contribution in [0.5, 0.6) is 0 Å². The summed E-state index contributed by atoms with van der Waals surface area (Å²) in [4.78, 5) is 9.53. The maximum atomic E-state index is 6.34. The van der Waals surface area contributed by atoms with Gasteiger partial charge in [0, 0.05) is 28.1 Å². The third kappa shape index (κ3) is 3.58. The number of furan rings is 1. The molecule has 0 spiro atoms. The third-order valence-corrected chi connectivity index (χ3v) is 6.78. The molecule has 5 aromatic rings. The molecule has 32 heavy (non-hydrogen) atoms. The van der Waals surface area contributed by atoms with Crippen LogP contribution in [0.4, 0.5) is 0 Å². The maximum Gasteiger partial charge on any atom is 0.227 e. The lowest BCUT2D eigenvalue weighted by molar-refractivity contribution is 0.356. The van der Waals surface area contributed by atoms with Gasteiger partial charge in [0.15, 0.2) is 0 Å². The van der Waals surface area contributed by atoms with E-state index in [9.17, 15) is 0 Å². The van der Waals surface area contributed by atoms with Gasteiger partial charge in [0.25, 0.3) is 0 Å². The Hall–Kier alpha value is -3.46. The highest BCUT2D eigenvalue weighted by Crippen LogP contribution is 2.36. The summed E-state index contributed by atoms with van der Waals surface area (Å²) in [5.41, 5.74) is 6.94. The van der Waals surface area contributed by atoms with Crippen LogP contribution in [-0.4, -0.2) is 9.97 Å². The maximum absolute atomic E-state index is 6.34. The van der Waals surface area contributed by atoms with Gasteiger partial charge < -0.3 is 4.42 Å². The Labute approximate surface area is 188 Å². The summed E-state index contributed by atoms with van der Waals surface area (Å²) in [5.74, 6) is 0.807. The predicted molar refractivity (Wildman–Crippen MR) is 130 cm³/mol. The van der Waals surface area contributed by atoms with E-state index in [1.807, 2.05) is 24.4 Å². The van der Waals surface area contributed by atoms with Crippen molar-refractivity contribution in [3.05, 3.63) is 84.6 Å². The molecule has 0 radical (unpaired) electrons. The molecule has 3 heterocycles. The van der Waals surface area contributed by atoms with Crippen molar-refractivity contribution in [2.45, 2.75) is 38.5 Å². The highest BCUT2D eigenvalue weighted by molar-refractivity contribution is 6.08. The van der Waals surface area contributed by atoms with Crippen LogP contribution in [0.2, 0.25) is 0 Å². The second-order valence-electron chi connectivity index (χ2n) is 8.96. The van der Waals surface area contributed by atoms with Gasteiger partial charge in [-0.15, -0.1) is 0 Å². The number of benzene rings is 2. The van der Waals surface area contributed by atoms with Crippen molar-refractivity contribution in [3.63, 3.8) is 0 Å². The molecular formula is C29H26N2O. The van der Waals surface area contributed by atoms with Crippen molar-refractivity contribution in [1.82, 2.24) is 9.97 Å². The average Bonchev–Trinajstić information content (AvgIpc) is 3.23. The summed E-state index contributed by atoms with van der Waals surface area (Å²) in [6.07, 6.45) is 9.94. The molecule has 3 heteroatoms. The van der Waals surface area contributed by atoms with Crippen molar-refractivity contribution in [1.29, 1.82) is 0 Å². The van der Waals surface area contributed by atoms with E-state index in [0.717, 1.165) is 51.2 Å². The molecule has 0 N–H and O–H groups in total. The van der Waals surface area contributed by atoms with Gasteiger partial charge in [0.05, 0.1) is 11.4 Å². The smallest absolute Gasteiger partial charge is 0.227 e. The van der Waals surface area contributed by atoms with Crippen molar-refractivity contribution < 1.29 is 4.42 Å². The lowest BCUT2D eigenvalue weighted by atomic mass is 9.85. The largest absolute Gasteiger partial charge is 0.437 e. The molecule has 1 fully saturated rings. The number of pyridine rings is 2. The van der Waals surface area contributed by atoms with Gasteiger partial charge in [0.2, 0.25) is 5.71 Å². The van der Waals surface area contributed by atoms with E-state index < -0.39 is 0 Å². The number of rotatable bonds is 4. The molecule has 6 rings (SSSR count). The van der Waals surface area contributed by atoms with Crippen molar-refractivity contribution in [2.75, 3.05) is 0 Å². The molecule has 158 valence electrons. The van der Waals surface area contributed by atoms with E-state index in [1.54, 1.807) is 0 Å². The van der Waals surface area contributed by atoms with Gasteiger partial charge in [-0.25, -0.2) is 4.98 Å². The number of hydrogen-bond acceptors (Lipinski definition) is 3. The lowest BCUT2D eigenvalue weighted by Gasteiger charge is -2.21. The molecule has 3 nitrogen and oxygen atoms in total. The van der Waals surface area contributed by atoms with Crippen LogP contribution >= 0.6 is 0 Å². The number of fused-ring (bicyclic) bond motifs is 3. The van der Waals surface area contributed by atoms with Crippen LogP contribution in [0.3, 0.4) is 0 Å². The van der Waals surface area contributed by atoms with Crippen molar-refractivity contribution in [2.24, 2.45) is 5.92 Å². The van der Waals surface area contributed by atoms with E-state index in [0.29, 0.717) is 5.71 Å². The second-order valence-corrected chi connectivity index (χ2v) is 8.96. The SMILES string of the molecule is c1ccc(-c2ccc3c(n2)oc2c(-c4cc(CC5CCCCC5)ccn4)cccc23)cc1. The summed E-state index contributed by atoms with van der Waals surface area (Å²) in [6.45, 7) is 0. The van der Waals surface area contributed by atoms with Crippen LogP contribution in [0.25, 0.3) is 44.6 Å². The minimum atomic E-state index is 0.673. The molecule has 2 aromatic carbocycles. The van der Waals surface area contributed by atoms with Gasteiger partial charge in [-0.2, -0.15) is 0 Å². The normalized spacial score (nSPS) is 14.9. The Morgan fingerprint density at radius 3 is 2.53 bits per heavy atom. The highest BCUT2D eigenvalue weighted by Gasteiger charge is 2.17. The molecule has 0 saturated heterocycles. The Bertz CT molecular complexity index is 1380. The minimum absolute atomic E-state index is 0.673. The molecule has 3 aromatic heterocycles. The average molecular weight is 419 g/mol.